The van der Waals surface area contributed by atoms with E-state index in [1.54, 1.807) is 6.92 Å². The van der Waals surface area contributed by atoms with Crippen LogP contribution in [0.25, 0.3) is 5.69 Å². The van der Waals surface area contributed by atoms with Crippen molar-refractivity contribution in [3.63, 3.8) is 0 Å². The maximum atomic E-state index is 13.1. The SMILES string of the molecule is Cc1cc(=O)c(C(=O)N[C@@H]2C[C@H](C)N(C3CC3)C2)nn1-c1cccc(C(F)(F)F)c1. The molecule has 6 nitrogen and oxygen atoms in total. The Bertz CT molecular complexity index is 1030. The Balaban J connectivity index is 1.59. The minimum Gasteiger partial charge on any atom is -0.346 e. The Kier molecular flexibility index (Phi) is 5.17. The summed E-state index contributed by atoms with van der Waals surface area (Å²) in [6.45, 7) is 4.41. The van der Waals surface area contributed by atoms with Gasteiger partial charge in [-0.3, -0.25) is 14.5 Å². The summed E-state index contributed by atoms with van der Waals surface area (Å²) in [6.07, 6.45) is -1.37. The van der Waals surface area contributed by atoms with E-state index >= 15 is 0 Å². The number of carbonyl (C=O) groups excluding carboxylic acids is 1. The van der Waals surface area contributed by atoms with E-state index in [9.17, 15) is 22.8 Å². The molecule has 2 atom stereocenters. The Morgan fingerprint density at radius 3 is 2.63 bits per heavy atom. The number of nitrogens with zero attached hydrogens (tertiary/aromatic N) is 3. The molecule has 0 spiro atoms. The molecule has 1 aliphatic carbocycles. The topological polar surface area (TPSA) is 67.2 Å². The fraction of sp³-hybridized carbons (Fsp3) is 0.476. The van der Waals surface area contributed by atoms with Gasteiger partial charge in [0.2, 0.25) is 5.43 Å². The molecule has 2 heterocycles. The summed E-state index contributed by atoms with van der Waals surface area (Å²) in [5.74, 6) is -0.601. The van der Waals surface area contributed by atoms with Gasteiger partial charge in [-0.1, -0.05) is 6.07 Å². The average molecular weight is 420 g/mol. The molecule has 1 saturated carbocycles. The Morgan fingerprint density at radius 1 is 1.23 bits per heavy atom. The zero-order chi connectivity index (χ0) is 21.6. The molecule has 1 saturated heterocycles. The van der Waals surface area contributed by atoms with E-state index in [-0.39, 0.29) is 17.4 Å². The highest BCUT2D eigenvalue weighted by atomic mass is 19.4. The third-order valence-electron chi connectivity index (χ3n) is 5.71. The van der Waals surface area contributed by atoms with Gasteiger partial charge in [0.05, 0.1) is 11.3 Å². The Labute approximate surface area is 171 Å². The van der Waals surface area contributed by atoms with Gasteiger partial charge >= 0.3 is 6.18 Å². The van der Waals surface area contributed by atoms with Crippen LogP contribution in [0.15, 0.2) is 35.1 Å². The first-order valence-electron chi connectivity index (χ1n) is 9.98. The summed E-state index contributed by atoms with van der Waals surface area (Å²) in [6, 6.07) is 6.69. The average Bonchev–Trinajstić information content (AvgIpc) is 3.44. The van der Waals surface area contributed by atoms with Crippen molar-refractivity contribution in [1.29, 1.82) is 0 Å². The van der Waals surface area contributed by atoms with Crippen molar-refractivity contribution in [2.45, 2.75) is 57.4 Å². The van der Waals surface area contributed by atoms with E-state index < -0.39 is 23.1 Å². The first-order chi connectivity index (χ1) is 14.1. The fourth-order valence-electron chi connectivity index (χ4n) is 4.11. The predicted octanol–water partition coefficient (Wildman–Crippen LogP) is 2.91. The number of aryl methyl sites for hydroxylation is 1. The monoisotopic (exact) mass is 420 g/mol. The molecular formula is C21H23F3N4O2. The van der Waals surface area contributed by atoms with Gasteiger partial charge in [-0.15, -0.1) is 0 Å². The molecule has 9 heteroatoms. The van der Waals surface area contributed by atoms with Crippen molar-refractivity contribution in [3.8, 4) is 5.69 Å². The van der Waals surface area contributed by atoms with Gasteiger partial charge in [0.15, 0.2) is 5.69 Å². The van der Waals surface area contributed by atoms with E-state index in [1.165, 1.54) is 35.7 Å². The van der Waals surface area contributed by atoms with E-state index in [0.717, 1.165) is 25.1 Å². The van der Waals surface area contributed by atoms with Gasteiger partial charge in [-0.2, -0.15) is 18.3 Å². The summed E-state index contributed by atoms with van der Waals surface area (Å²) >= 11 is 0. The molecule has 30 heavy (non-hydrogen) atoms. The van der Waals surface area contributed by atoms with Crippen LogP contribution in [0, 0.1) is 6.92 Å². The van der Waals surface area contributed by atoms with Crippen molar-refractivity contribution >= 4 is 5.91 Å². The third kappa shape index (κ3) is 4.12. The normalized spacial score (nSPS) is 22.3. The van der Waals surface area contributed by atoms with Crippen molar-refractivity contribution < 1.29 is 18.0 Å². The van der Waals surface area contributed by atoms with Gasteiger partial charge in [0.1, 0.15) is 0 Å². The number of carbonyl (C=O) groups is 1. The van der Waals surface area contributed by atoms with Gasteiger partial charge < -0.3 is 5.32 Å². The van der Waals surface area contributed by atoms with Gasteiger partial charge in [-0.05, 0) is 51.3 Å². The zero-order valence-corrected chi connectivity index (χ0v) is 16.7. The molecule has 2 aromatic rings. The Morgan fingerprint density at radius 2 is 1.97 bits per heavy atom. The van der Waals surface area contributed by atoms with E-state index in [2.05, 4.69) is 22.2 Å². The molecule has 0 radical (unpaired) electrons. The van der Waals surface area contributed by atoms with Crippen LogP contribution >= 0.6 is 0 Å². The largest absolute Gasteiger partial charge is 0.416 e. The first kappa shape index (κ1) is 20.6. The van der Waals surface area contributed by atoms with Crippen molar-refractivity contribution in [3.05, 3.63) is 57.5 Å². The number of likely N-dealkylation sites (tertiary alicyclic amines) is 1. The molecule has 160 valence electrons. The zero-order valence-electron chi connectivity index (χ0n) is 16.7. The van der Waals surface area contributed by atoms with Crippen molar-refractivity contribution in [1.82, 2.24) is 20.0 Å². The number of amides is 1. The molecule has 0 bridgehead atoms. The van der Waals surface area contributed by atoms with Crippen LogP contribution in [-0.4, -0.2) is 45.3 Å². The summed E-state index contributed by atoms with van der Waals surface area (Å²) in [5.41, 5.74) is -1.24. The third-order valence-corrected chi connectivity index (χ3v) is 5.71. The number of alkyl halides is 3. The highest BCUT2D eigenvalue weighted by Crippen LogP contribution is 2.33. The highest BCUT2D eigenvalue weighted by molar-refractivity contribution is 5.92. The van der Waals surface area contributed by atoms with Crippen molar-refractivity contribution in [2.24, 2.45) is 0 Å². The molecule has 1 amide bonds. The standard InChI is InChI=1S/C21H23F3N4O2/c1-12-8-15(11-27(12)16-6-7-16)25-20(30)19-18(29)9-13(2)28(26-19)17-5-3-4-14(10-17)21(22,23)24/h3-5,9-10,12,15-16H,6-8,11H2,1-2H3,(H,25,30)/t12-,15+/m0/s1. The highest BCUT2D eigenvalue weighted by Gasteiger charge is 2.39. The smallest absolute Gasteiger partial charge is 0.346 e. The van der Waals surface area contributed by atoms with Gasteiger partial charge in [-0.25, -0.2) is 4.68 Å². The number of benzene rings is 1. The summed E-state index contributed by atoms with van der Waals surface area (Å²) in [7, 11) is 0. The fourth-order valence-corrected chi connectivity index (χ4v) is 4.11. The van der Waals surface area contributed by atoms with E-state index in [4.69, 9.17) is 0 Å². The predicted molar refractivity (Wildman–Crippen MR) is 105 cm³/mol. The van der Waals surface area contributed by atoms with Gasteiger partial charge in [0.25, 0.3) is 5.91 Å². The van der Waals surface area contributed by atoms with E-state index in [1.807, 2.05) is 0 Å². The molecule has 1 aromatic carbocycles. The number of hydrogen-bond donors (Lipinski definition) is 1. The lowest BCUT2D eigenvalue weighted by molar-refractivity contribution is -0.137. The lowest BCUT2D eigenvalue weighted by Gasteiger charge is -2.19. The maximum absolute atomic E-state index is 13.1. The van der Waals surface area contributed by atoms with Crippen LogP contribution < -0.4 is 10.7 Å². The lowest BCUT2D eigenvalue weighted by Crippen LogP contribution is -2.40. The first-order valence-corrected chi connectivity index (χ1v) is 9.98. The molecule has 2 fully saturated rings. The molecule has 2 aliphatic rings. The number of rotatable bonds is 4. The van der Waals surface area contributed by atoms with Crippen LogP contribution in [0.3, 0.4) is 0 Å². The molecule has 0 unspecified atom stereocenters. The lowest BCUT2D eigenvalue weighted by atomic mass is 10.2. The Hall–Kier alpha value is -2.68. The number of nitrogens with one attached hydrogen (secondary N) is 1. The molecule has 1 N–H and O–H groups in total. The second-order valence-corrected chi connectivity index (χ2v) is 8.14. The molecule has 1 aliphatic heterocycles. The number of halogens is 3. The maximum Gasteiger partial charge on any atom is 0.416 e. The molecule has 4 rings (SSSR count). The number of hydrogen-bond acceptors (Lipinski definition) is 4. The van der Waals surface area contributed by atoms with Crippen LogP contribution in [0.1, 0.15) is 47.9 Å². The quantitative estimate of drug-likeness (QED) is 0.826. The summed E-state index contributed by atoms with van der Waals surface area (Å²) in [4.78, 5) is 27.5. The summed E-state index contributed by atoms with van der Waals surface area (Å²) in [5, 5.41) is 6.98. The van der Waals surface area contributed by atoms with Crippen LogP contribution in [-0.2, 0) is 6.18 Å². The van der Waals surface area contributed by atoms with E-state index in [0.29, 0.717) is 17.8 Å². The number of aromatic nitrogens is 2. The second kappa shape index (κ2) is 7.54. The minimum absolute atomic E-state index is 0.0855. The van der Waals surface area contributed by atoms with Gasteiger partial charge in [0, 0.05) is 36.4 Å². The van der Waals surface area contributed by atoms with Crippen LogP contribution in [0.5, 0.6) is 0 Å². The van der Waals surface area contributed by atoms with Crippen LogP contribution in [0.2, 0.25) is 0 Å². The second-order valence-electron chi connectivity index (χ2n) is 8.14. The summed E-state index contributed by atoms with van der Waals surface area (Å²) < 4.78 is 40.4. The van der Waals surface area contributed by atoms with Crippen LogP contribution in [0.4, 0.5) is 13.2 Å². The minimum atomic E-state index is -4.50. The molecular weight excluding hydrogens is 397 g/mol. The molecule has 1 aromatic heterocycles. The van der Waals surface area contributed by atoms with Crippen molar-refractivity contribution in [2.75, 3.05) is 6.54 Å².